The van der Waals surface area contributed by atoms with Gasteiger partial charge in [0, 0.05) is 52.0 Å². The van der Waals surface area contributed by atoms with Gasteiger partial charge in [0.15, 0.2) is 6.29 Å². The summed E-state index contributed by atoms with van der Waals surface area (Å²) in [6, 6.07) is 29.8. The number of hydrogen-bond donors (Lipinski definition) is 0. The second-order valence-corrected chi connectivity index (χ2v) is 13.6. The van der Waals surface area contributed by atoms with Crippen molar-refractivity contribution >= 4 is 16.7 Å². The standard InChI is InChI=1S/C41H48N4O6/c1-43-37-26-32(44-24-22-34(23-25-44)51-33-17-14-31(15-18-33)40(47-2)48-3)16-19-35(37)45(41(43)46)36-20-21-38(49-27-29-10-6-4-7-11-29)42-39(36)50-28-30-12-8-5-9-13-30/h4-13,16,19-21,26,31,33-34,40H,14-15,17-18,22-25,27-28H2,1-3H3/t31-,33-. The van der Waals surface area contributed by atoms with Crippen LogP contribution in [0, 0.1) is 5.92 Å². The number of piperidine rings is 1. The lowest BCUT2D eigenvalue weighted by molar-refractivity contribution is -0.153. The lowest BCUT2D eigenvalue weighted by atomic mass is 9.86. The lowest BCUT2D eigenvalue weighted by Crippen LogP contribution is -2.39. The van der Waals surface area contributed by atoms with E-state index in [4.69, 9.17) is 28.7 Å². The lowest BCUT2D eigenvalue weighted by Gasteiger charge is -2.37. The van der Waals surface area contributed by atoms with E-state index in [1.165, 1.54) is 0 Å². The second-order valence-electron chi connectivity index (χ2n) is 13.6. The Morgan fingerprint density at radius 2 is 1.35 bits per heavy atom. The first-order chi connectivity index (χ1) is 25.0. The Morgan fingerprint density at radius 1 is 0.725 bits per heavy atom. The Labute approximate surface area is 299 Å². The number of anilines is 1. The molecular weight excluding hydrogens is 644 g/mol. The Kier molecular flexibility index (Phi) is 11.0. The molecule has 0 spiro atoms. The van der Waals surface area contributed by atoms with Crippen molar-refractivity contribution in [1.29, 1.82) is 0 Å². The zero-order valence-electron chi connectivity index (χ0n) is 29.8. The Bertz CT molecular complexity index is 1920. The number of nitrogens with zero attached hydrogens (tertiary/aromatic N) is 4. The highest BCUT2D eigenvalue weighted by Gasteiger charge is 2.31. The number of benzene rings is 3. The summed E-state index contributed by atoms with van der Waals surface area (Å²) >= 11 is 0. The van der Waals surface area contributed by atoms with Gasteiger partial charge in [-0.1, -0.05) is 60.7 Å². The highest BCUT2D eigenvalue weighted by Crippen LogP contribution is 2.33. The van der Waals surface area contributed by atoms with Crippen LogP contribution in [0.4, 0.5) is 5.69 Å². The molecular formula is C41H48N4O6. The minimum atomic E-state index is -0.171. The summed E-state index contributed by atoms with van der Waals surface area (Å²) < 4.78 is 33.3. The second kappa shape index (κ2) is 16.1. The molecule has 0 bridgehead atoms. The van der Waals surface area contributed by atoms with Gasteiger partial charge < -0.3 is 28.6 Å². The molecule has 1 saturated carbocycles. The van der Waals surface area contributed by atoms with Crippen molar-refractivity contribution in [3.8, 4) is 17.4 Å². The summed E-state index contributed by atoms with van der Waals surface area (Å²) in [6.45, 7) is 2.48. The molecule has 51 heavy (non-hydrogen) atoms. The molecule has 1 saturated heterocycles. The topological polar surface area (TPSA) is 89.2 Å². The van der Waals surface area contributed by atoms with E-state index in [0.29, 0.717) is 42.7 Å². The maximum absolute atomic E-state index is 13.9. The van der Waals surface area contributed by atoms with Crippen molar-refractivity contribution in [2.45, 2.75) is 70.2 Å². The number of aryl methyl sites for hydroxylation is 1. The zero-order chi connectivity index (χ0) is 35.2. The van der Waals surface area contributed by atoms with Crippen molar-refractivity contribution in [3.05, 3.63) is 113 Å². The van der Waals surface area contributed by atoms with Crippen LogP contribution >= 0.6 is 0 Å². The third kappa shape index (κ3) is 7.98. The molecule has 3 aromatic carbocycles. The van der Waals surface area contributed by atoms with Gasteiger partial charge in [-0.25, -0.2) is 4.79 Å². The minimum absolute atomic E-state index is 0.125. The fraction of sp³-hybridized carbons (Fsp3) is 0.415. The fourth-order valence-corrected chi connectivity index (χ4v) is 7.49. The van der Waals surface area contributed by atoms with E-state index in [1.54, 1.807) is 29.4 Å². The molecule has 0 N–H and O–H groups in total. The molecule has 0 radical (unpaired) electrons. The first kappa shape index (κ1) is 34.8. The van der Waals surface area contributed by atoms with Crippen LogP contribution in [-0.2, 0) is 34.5 Å². The Balaban J connectivity index is 1.07. The van der Waals surface area contributed by atoms with Crippen molar-refractivity contribution < 1.29 is 23.7 Å². The smallest absolute Gasteiger partial charge is 0.333 e. The first-order valence-electron chi connectivity index (χ1n) is 18.0. The number of imidazole rings is 1. The average Bonchev–Trinajstić information content (AvgIpc) is 3.43. The molecule has 268 valence electrons. The highest BCUT2D eigenvalue weighted by molar-refractivity contribution is 5.82. The van der Waals surface area contributed by atoms with Crippen molar-refractivity contribution in [2.24, 2.45) is 13.0 Å². The van der Waals surface area contributed by atoms with Gasteiger partial charge in [-0.2, -0.15) is 4.98 Å². The third-order valence-corrected chi connectivity index (χ3v) is 10.3. The monoisotopic (exact) mass is 692 g/mol. The van der Waals surface area contributed by atoms with Crippen molar-refractivity contribution in [3.63, 3.8) is 0 Å². The summed E-state index contributed by atoms with van der Waals surface area (Å²) in [5, 5.41) is 0. The van der Waals surface area contributed by atoms with Crippen LogP contribution in [0.5, 0.6) is 11.8 Å². The van der Waals surface area contributed by atoms with E-state index in [0.717, 1.165) is 79.5 Å². The number of ether oxygens (including phenoxy) is 5. The Morgan fingerprint density at radius 3 is 2.00 bits per heavy atom. The van der Waals surface area contributed by atoms with Gasteiger partial charge in [0.1, 0.15) is 18.9 Å². The molecule has 7 rings (SSSR count). The number of rotatable bonds is 13. The van der Waals surface area contributed by atoms with Gasteiger partial charge >= 0.3 is 5.69 Å². The normalized spacial score (nSPS) is 18.4. The van der Waals surface area contributed by atoms with E-state index < -0.39 is 0 Å². The molecule has 0 amide bonds. The molecule has 0 atom stereocenters. The van der Waals surface area contributed by atoms with Gasteiger partial charge in [-0.3, -0.25) is 9.13 Å². The molecule has 2 fully saturated rings. The Hall–Kier alpha value is -4.64. The van der Waals surface area contributed by atoms with Gasteiger partial charge in [0.25, 0.3) is 0 Å². The molecule has 0 unspecified atom stereocenters. The van der Waals surface area contributed by atoms with Crippen LogP contribution < -0.4 is 20.1 Å². The summed E-state index contributed by atoms with van der Waals surface area (Å²) in [6.07, 6.45) is 6.62. The van der Waals surface area contributed by atoms with Gasteiger partial charge in [-0.15, -0.1) is 0 Å². The quantitative estimate of drug-likeness (QED) is 0.121. The summed E-state index contributed by atoms with van der Waals surface area (Å²) in [5.74, 6) is 1.19. The number of fused-ring (bicyclic) bond motifs is 1. The predicted molar refractivity (Wildman–Crippen MR) is 198 cm³/mol. The zero-order valence-corrected chi connectivity index (χ0v) is 29.8. The van der Waals surface area contributed by atoms with Crippen LogP contribution in [0.15, 0.2) is 95.8 Å². The minimum Gasteiger partial charge on any atom is -0.473 e. The fourth-order valence-electron chi connectivity index (χ4n) is 7.49. The van der Waals surface area contributed by atoms with E-state index in [2.05, 4.69) is 17.0 Å². The van der Waals surface area contributed by atoms with E-state index in [1.807, 2.05) is 79.8 Å². The number of methoxy groups -OCH3 is 2. The largest absolute Gasteiger partial charge is 0.473 e. The molecule has 2 aliphatic rings. The van der Waals surface area contributed by atoms with Crippen molar-refractivity contribution in [1.82, 2.24) is 14.1 Å². The van der Waals surface area contributed by atoms with Gasteiger partial charge in [0.05, 0.1) is 23.2 Å². The van der Waals surface area contributed by atoms with Crippen LogP contribution in [0.2, 0.25) is 0 Å². The maximum Gasteiger partial charge on any atom is 0.333 e. The predicted octanol–water partition coefficient (Wildman–Crippen LogP) is 7.05. The van der Waals surface area contributed by atoms with E-state index >= 15 is 0 Å². The molecule has 5 aromatic rings. The molecule has 2 aromatic heterocycles. The summed E-state index contributed by atoms with van der Waals surface area (Å²) in [4.78, 5) is 21.0. The molecule has 10 nitrogen and oxygen atoms in total. The van der Waals surface area contributed by atoms with Crippen LogP contribution in [0.1, 0.15) is 49.7 Å². The maximum atomic E-state index is 13.9. The average molecular weight is 693 g/mol. The van der Waals surface area contributed by atoms with E-state index in [-0.39, 0.29) is 18.1 Å². The molecule has 1 aliphatic carbocycles. The third-order valence-electron chi connectivity index (χ3n) is 10.3. The molecule has 1 aliphatic heterocycles. The number of aromatic nitrogens is 3. The summed E-state index contributed by atoms with van der Waals surface area (Å²) in [7, 11) is 5.25. The number of hydrogen-bond acceptors (Lipinski definition) is 8. The van der Waals surface area contributed by atoms with Crippen LogP contribution in [0.25, 0.3) is 16.7 Å². The highest BCUT2D eigenvalue weighted by atomic mass is 16.7. The SMILES string of the molecule is COC(OC)[C@H]1CC[C@H](OC2CCN(c3ccc4c(c3)n(C)c(=O)n4-c3ccc(OCc4ccccc4)nc3OCc3ccccc3)CC2)CC1. The first-order valence-corrected chi connectivity index (χ1v) is 18.0. The van der Waals surface area contributed by atoms with Gasteiger partial charge in [0.2, 0.25) is 11.8 Å². The number of pyridine rings is 1. The van der Waals surface area contributed by atoms with Gasteiger partial charge in [-0.05, 0) is 73.9 Å². The van der Waals surface area contributed by atoms with Crippen LogP contribution in [0.3, 0.4) is 0 Å². The van der Waals surface area contributed by atoms with E-state index in [9.17, 15) is 4.79 Å². The van der Waals surface area contributed by atoms with Crippen LogP contribution in [-0.4, -0.2) is 59.9 Å². The van der Waals surface area contributed by atoms with Crippen molar-refractivity contribution in [2.75, 3.05) is 32.2 Å². The molecule has 10 heteroatoms. The summed E-state index contributed by atoms with van der Waals surface area (Å²) in [5.41, 5.74) is 5.16. The molecule has 3 heterocycles.